The number of methoxy groups -OCH3 is 2. The van der Waals surface area contributed by atoms with E-state index < -0.39 is 11.9 Å². The largest absolute Gasteiger partial charge is 0.508 e. The Hall–Kier alpha value is -2.69. The fourth-order valence-corrected chi connectivity index (χ4v) is 2.30. The number of phenols is 1. The molecule has 0 aliphatic heterocycles. The van der Waals surface area contributed by atoms with E-state index in [1.807, 2.05) is 0 Å². The molecule has 0 aliphatic carbocycles. The Morgan fingerprint density at radius 3 is 2.32 bits per heavy atom. The van der Waals surface area contributed by atoms with Crippen molar-refractivity contribution in [3.05, 3.63) is 53.6 Å². The van der Waals surface area contributed by atoms with Crippen molar-refractivity contribution in [1.29, 1.82) is 0 Å². The lowest BCUT2D eigenvalue weighted by molar-refractivity contribution is -0.138. The second kappa shape index (κ2) is 6.85. The van der Waals surface area contributed by atoms with Gasteiger partial charge in [0.1, 0.15) is 17.2 Å². The molecule has 22 heavy (non-hydrogen) atoms. The maximum atomic E-state index is 11.7. The number of ether oxygens (including phenoxy) is 2. The van der Waals surface area contributed by atoms with Gasteiger partial charge in [-0.05, 0) is 30.2 Å². The molecule has 5 nitrogen and oxygen atoms in total. The average molecular weight is 302 g/mol. The Labute approximate surface area is 128 Å². The van der Waals surface area contributed by atoms with Crippen molar-refractivity contribution in [3.63, 3.8) is 0 Å². The summed E-state index contributed by atoms with van der Waals surface area (Å²) in [6.07, 6.45) is 0.304. The van der Waals surface area contributed by atoms with Crippen molar-refractivity contribution in [1.82, 2.24) is 0 Å². The van der Waals surface area contributed by atoms with E-state index in [1.165, 1.54) is 7.11 Å². The molecule has 5 heteroatoms. The maximum absolute atomic E-state index is 11.7. The summed E-state index contributed by atoms with van der Waals surface area (Å²) in [5.74, 6) is -0.445. The summed E-state index contributed by atoms with van der Waals surface area (Å²) in [6, 6.07) is 11.6. The first-order valence-corrected chi connectivity index (χ1v) is 6.77. The minimum absolute atomic E-state index is 0.151. The van der Waals surface area contributed by atoms with Crippen LogP contribution in [-0.2, 0) is 11.2 Å². The SMILES string of the molecule is COc1ccc(C(Cc2ccc(O)cc2)C(=O)O)c(OC)c1. The van der Waals surface area contributed by atoms with Crippen molar-refractivity contribution in [2.75, 3.05) is 14.2 Å². The summed E-state index contributed by atoms with van der Waals surface area (Å²) in [5, 5.41) is 18.9. The van der Waals surface area contributed by atoms with Gasteiger partial charge in [0.2, 0.25) is 0 Å². The lowest BCUT2D eigenvalue weighted by Crippen LogP contribution is -2.15. The molecule has 0 radical (unpaired) electrons. The van der Waals surface area contributed by atoms with Gasteiger partial charge in [-0.3, -0.25) is 4.79 Å². The maximum Gasteiger partial charge on any atom is 0.311 e. The zero-order chi connectivity index (χ0) is 16.1. The first-order chi connectivity index (χ1) is 10.5. The van der Waals surface area contributed by atoms with Crippen molar-refractivity contribution in [2.45, 2.75) is 12.3 Å². The van der Waals surface area contributed by atoms with Crippen LogP contribution in [0.2, 0.25) is 0 Å². The fraction of sp³-hybridized carbons (Fsp3) is 0.235. The van der Waals surface area contributed by atoms with E-state index in [-0.39, 0.29) is 5.75 Å². The highest BCUT2D eigenvalue weighted by molar-refractivity contribution is 5.78. The molecule has 0 fully saturated rings. The van der Waals surface area contributed by atoms with Crippen molar-refractivity contribution >= 4 is 5.97 Å². The number of carbonyl (C=O) groups is 1. The van der Waals surface area contributed by atoms with E-state index in [4.69, 9.17) is 9.47 Å². The van der Waals surface area contributed by atoms with Crippen molar-refractivity contribution in [2.24, 2.45) is 0 Å². The Morgan fingerprint density at radius 2 is 1.77 bits per heavy atom. The third kappa shape index (κ3) is 3.49. The zero-order valence-electron chi connectivity index (χ0n) is 12.4. The molecule has 1 atom stereocenters. The normalized spacial score (nSPS) is 11.7. The number of carboxylic acid groups (broad SMARTS) is 1. The number of carboxylic acids is 1. The fourth-order valence-electron chi connectivity index (χ4n) is 2.30. The minimum atomic E-state index is -0.934. The molecule has 0 aromatic heterocycles. The van der Waals surface area contributed by atoms with Gasteiger partial charge in [0, 0.05) is 11.6 Å². The van der Waals surface area contributed by atoms with Crippen LogP contribution in [0.15, 0.2) is 42.5 Å². The molecule has 1 unspecified atom stereocenters. The predicted molar refractivity (Wildman–Crippen MR) is 81.7 cm³/mol. The van der Waals surface area contributed by atoms with Crippen LogP contribution in [0, 0.1) is 0 Å². The molecular formula is C17H18O5. The third-order valence-corrected chi connectivity index (χ3v) is 3.49. The number of rotatable bonds is 6. The van der Waals surface area contributed by atoms with Crippen LogP contribution >= 0.6 is 0 Å². The Morgan fingerprint density at radius 1 is 1.09 bits per heavy atom. The van der Waals surface area contributed by atoms with E-state index in [9.17, 15) is 15.0 Å². The molecule has 0 spiro atoms. The average Bonchev–Trinajstić information content (AvgIpc) is 2.53. The van der Waals surface area contributed by atoms with Crippen LogP contribution in [0.1, 0.15) is 17.0 Å². The second-order valence-corrected chi connectivity index (χ2v) is 4.87. The van der Waals surface area contributed by atoms with Gasteiger partial charge in [0.25, 0.3) is 0 Å². The lowest BCUT2D eigenvalue weighted by Gasteiger charge is -2.17. The summed E-state index contributed by atoms with van der Waals surface area (Å²) >= 11 is 0. The van der Waals surface area contributed by atoms with Crippen LogP contribution in [-0.4, -0.2) is 30.4 Å². The van der Waals surface area contributed by atoms with Gasteiger partial charge in [0.05, 0.1) is 20.1 Å². The molecule has 0 saturated carbocycles. The Kier molecular flexibility index (Phi) is 4.88. The van der Waals surface area contributed by atoms with Gasteiger partial charge < -0.3 is 19.7 Å². The molecule has 0 heterocycles. The highest BCUT2D eigenvalue weighted by atomic mass is 16.5. The van der Waals surface area contributed by atoms with Gasteiger partial charge >= 0.3 is 5.97 Å². The van der Waals surface area contributed by atoms with Crippen LogP contribution in [0.3, 0.4) is 0 Å². The number of benzene rings is 2. The Balaban J connectivity index is 2.35. The van der Waals surface area contributed by atoms with Gasteiger partial charge in [-0.2, -0.15) is 0 Å². The summed E-state index contributed by atoms with van der Waals surface area (Å²) in [4.78, 5) is 11.7. The van der Waals surface area contributed by atoms with Crippen LogP contribution < -0.4 is 9.47 Å². The highest BCUT2D eigenvalue weighted by Gasteiger charge is 2.24. The monoisotopic (exact) mass is 302 g/mol. The first kappa shape index (κ1) is 15.7. The summed E-state index contributed by atoms with van der Waals surface area (Å²) in [6.45, 7) is 0. The highest BCUT2D eigenvalue weighted by Crippen LogP contribution is 2.33. The molecule has 2 N–H and O–H groups in total. The topological polar surface area (TPSA) is 76.0 Å². The van der Waals surface area contributed by atoms with E-state index in [2.05, 4.69) is 0 Å². The van der Waals surface area contributed by atoms with Gasteiger partial charge in [-0.25, -0.2) is 0 Å². The smallest absolute Gasteiger partial charge is 0.311 e. The summed E-state index contributed by atoms with van der Waals surface area (Å²) in [5.41, 5.74) is 1.41. The minimum Gasteiger partial charge on any atom is -0.508 e. The van der Waals surface area contributed by atoms with Gasteiger partial charge in [0.15, 0.2) is 0 Å². The molecule has 0 bridgehead atoms. The van der Waals surface area contributed by atoms with Crippen LogP contribution in [0.25, 0.3) is 0 Å². The molecule has 0 saturated heterocycles. The Bertz CT molecular complexity index is 649. The number of aliphatic carboxylic acids is 1. The van der Waals surface area contributed by atoms with E-state index >= 15 is 0 Å². The molecule has 0 amide bonds. The zero-order valence-corrected chi connectivity index (χ0v) is 12.4. The van der Waals surface area contributed by atoms with Crippen molar-refractivity contribution < 1.29 is 24.5 Å². The van der Waals surface area contributed by atoms with E-state index in [1.54, 1.807) is 49.6 Å². The predicted octanol–water partition coefficient (Wildman–Crippen LogP) is 2.82. The number of hydrogen-bond acceptors (Lipinski definition) is 4. The molecule has 116 valence electrons. The second-order valence-electron chi connectivity index (χ2n) is 4.87. The molecule has 2 rings (SSSR count). The van der Waals surface area contributed by atoms with E-state index in [0.717, 1.165) is 5.56 Å². The van der Waals surface area contributed by atoms with Gasteiger partial charge in [-0.1, -0.05) is 18.2 Å². The molecule has 2 aromatic rings. The van der Waals surface area contributed by atoms with Crippen LogP contribution in [0.4, 0.5) is 0 Å². The summed E-state index contributed by atoms with van der Waals surface area (Å²) in [7, 11) is 3.04. The quantitative estimate of drug-likeness (QED) is 0.858. The molecular weight excluding hydrogens is 284 g/mol. The van der Waals surface area contributed by atoms with Crippen molar-refractivity contribution in [3.8, 4) is 17.2 Å². The number of aromatic hydroxyl groups is 1. The van der Waals surface area contributed by atoms with Crippen LogP contribution in [0.5, 0.6) is 17.2 Å². The standard InChI is InChI=1S/C17H18O5/c1-21-13-7-8-14(16(10-13)22-2)15(17(19)20)9-11-3-5-12(18)6-4-11/h3-8,10,15,18H,9H2,1-2H3,(H,19,20). The molecule has 2 aromatic carbocycles. The lowest BCUT2D eigenvalue weighted by atomic mass is 9.91. The van der Waals surface area contributed by atoms with Gasteiger partial charge in [-0.15, -0.1) is 0 Å². The summed E-state index contributed by atoms with van der Waals surface area (Å²) < 4.78 is 10.4. The number of phenolic OH excluding ortho intramolecular Hbond substituents is 1. The van der Waals surface area contributed by atoms with E-state index in [0.29, 0.717) is 23.5 Å². The number of hydrogen-bond donors (Lipinski definition) is 2. The third-order valence-electron chi connectivity index (χ3n) is 3.49. The molecule has 0 aliphatic rings. The first-order valence-electron chi connectivity index (χ1n) is 6.77.